The lowest BCUT2D eigenvalue weighted by Crippen LogP contribution is -2.28. The van der Waals surface area contributed by atoms with Crippen molar-refractivity contribution in [2.24, 2.45) is 0 Å². The maximum atomic E-state index is 12.8. The number of methoxy groups -OCH3 is 1. The van der Waals surface area contributed by atoms with E-state index < -0.39 is 12.1 Å². The van der Waals surface area contributed by atoms with Gasteiger partial charge < -0.3 is 14.2 Å². The van der Waals surface area contributed by atoms with Crippen molar-refractivity contribution in [1.82, 2.24) is 0 Å². The molecule has 5 heteroatoms. The summed E-state index contributed by atoms with van der Waals surface area (Å²) >= 11 is 0. The molecular weight excluding hydrogens is 275 g/mol. The van der Waals surface area contributed by atoms with Crippen LogP contribution in [0.1, 0.15) is 6.92 Å². The Kier molecular flexibility index (Phi) is 4.77. The molecule has 0 saturated carbocycles. The second kappa shape index (κ2) is 6.74. The van der Waals surface area contributed by atoms with Crippen LogP contribution in [0, 0.1) is 5.82 Å². The Bertz CT molecular complexity index is 593. The number of carbonyl (C=O) groups is 1. The first-order chi connectivity index (χ1) is 10.1. The average Bonchev–Trinajstić information content (AvgIpc) is 2.50. The van der Waals surface area contributed by atoms with Gasteiger partial charge in [0.25, 0.3) is 0 Å². The van der Waals surface area contributed by atoms with E-state index in [1.165, 1.54) is 24.3 Å². The molecule has 21 heavy (non-hydrogen) atoms. The highest BCUT2D eigenvalue weighted by Gasteiger charge is 2.17. The van der Waals surface area contributed by atoms with Gasteiger partial charge in [0.05, 0.1) is 7.11 Å². The highest BCUT2D eigenvalue weighted by Crippen LogP contribution is 2.18. The van der Waals surface area contributed by atoms with Gasteiger partial charge >= 0.3 is 5.97 Å². The second-order valence-electron chi connectivity index (χ2n) is 4.31. The van der Waals surface area contributed by atoms with Crippen molar-refractivity contribution in [3.63, 3.8) is 0 Å². The van der Waals surface area contributed by atoms with Gasteiger partial charge in [-0.3, -0.25) is 0 Å². The van der Waals surface area contributed by atoms with Crippen LogP contribution in [0.15, 0.2) is 48.5 Å². The Hall–Kier alpha value is -2.56. The first kappa shape index (κ1) is 14.8. The molecule has 0 aliphatic heterocycles. The molecular formula is C16H15FO4. The lowest BCUT2D eigenvalue weighted by atomic mass is 10.3. The Morgan fingerprint density at radius 3 is 2.05 bits per heavy atom. The lowest BCUT2D eigenvalue weighted by Gasteiger charge is -2.13. The summed E-state index contributed by atoms with van der Waals surface area (Å²) < 4.78 is 28.3. The molecule has 1 atom stereocenters. The number of benzene rings is 2. The van der Waals surface area contributed by atoms with Crippen LogP contribution in [0.2, 0.25) is 0 Å². The number of ether oxygens (including phenoxy) is 3. The molecule has 0 N–H and O–H groups in total. The van der Waals surface area contributed by atoms with Crippen molar-refractivity contribution < 1.29 is 23.4 Å². The minimum absolute atomic E-state index is 0.365. The lowest BCUT2D eigenvalue weighted by molar-refractivity contribution is -0.141. The van der Waals surface area contributed by atoms with Crippen LogP contribution in [0.5, 0.6) is 17.2 Å². The number of esters is 1. The number of hydrogen-bond acceptors (Lipinski definition) is 4. The van der Waals surface area contributed by atoms with Crippen LogP contribution >= 0.6 is 0 Å². The molecule has 0 heterocycles. The summed E-state index contributed by atoms with van der Waals surface area (Å²) in [4.78, 5) is 11.9. The first-order valence-electron chi connectivity index (χ1n) is 6.36. The predicted molar refractivity (Wildman–Crippen MR) is 75.1 cm³/mol. The SMILES string of the molecule is COc1ccc(OC(=O)C(C)Oc2ccc(F)cc2)cc1. The highest BCUT2D eigenvalue weighted by molar-refractivity contribution is 5.77. The zero-order valence-corrected chi connectivity index (χ0v) is 11.7. The maximum absolute atomic E-state index is 12.8. The monoisotopic (exact) mass is 290 g/mol. The molecule has 2 aromatic rings. The molecule has 2 rings (SSSR count). The highest BCUT2D eigenvalue weighted by atomic mass is 19.1. The number of halogens is 1. The van der Waals surface area contributed by atoms with Gasteiger partial charge in [-0.1, -0.05) is 0 Å². The predicted octanol–water partition coefficient (Wildman–Crippen LogP) is 3.21. The molecule has 2 aromatic carbocycles. The zero-order chi connectivity index (χ0) is 15.2. The molecule has 0 aliphatic rings. The van der Waals surface area contributed by atoms with E-state index in [4.69, 9.17) is 14.2 Å². The summed E-state index contributed by atoms with van der Waals surface area (Å²) in [7, 11) is 1.56. The fourth-order valence-corrected chi connectivity index (χ4v) is 1.61. The summed E-state index contributed by atoms with van der Waals surface area (Å²) in [5, 5.41) is 0. The standard InChI is InChI=1S/C16H15FO4/c1-11(20-14-5-3-12(17)4-6-14)16(18)21-15-9-7-13(19-2)8-10-15/h3-11H,1-2H3. The smallest absolute Gasteiger partial charge is 0.352 e. The van der Waals surface area contributed by atoms with E-state index in [2.05, 4.69) is 0 Å². The Morgan fingerprint density at radius 2 is 1.48 bits per heavy atom. The fourth-order valence-electron chi connectivity index (χ4n) is 1.61. The van der Waals surface area contributed by atoms with E-state index in [1.807, 2.05) is 0 Å². The molecule has 0 aliphatic carbocycles. The largest absolute Gasteiger partial charge is 0.497 e. The second-order valence-corrected chi connectivity index (χ2v) is 4.31. The van der Waals surface area contributed by atoms with E-state index in [0.717, 1.165) is 0 Å². The summed E-state index contributed by atoms with van der Waals surface area (Å²) in [5.41, 5.74) is 0. The van der Waals surface area contributed by atoms with Gasteiger partial charge in [-0.05, 0) is 55.5 Å². The van der Waals surface area contributed by atoms with E-state index in [0.29, 0.717) is 17.2 Å². The number of hydrogen-bond donors (Lipinski definition) is 0. The molecule has 0 radical (unpaired) electrons. The van der Waals surface area contributed by atoms with E-state index in [1.54, 1.807) is 38.3 Å². The molecule has 0 amide bonds. The summed E-state index contributed by atoms with van der Waals surface area (Å²) in [6, 6.07) is 12.1. The molecule has 4 nitrogen and oxygen atoms in total. The van der Waals surface area contributed by atoms with Gasteiger partial charge in [-0.25, -0.2) is 9.18 Å². The van der Waals surface area contributed by atoms with Crippen LogP contribution in [0.25, 0.3) is 0 Å². The van der Waals surface area contributed by atoms with E-state index in [9.17, 15) is 9.18 Å². The topological polar surface area (TPSA) is 44.8 Å². The molecule has 0 aromatic heterocycles. The van der Waals surface area contributed by atoms with Crippen LogP contribution < -0.4 is 14.2 Å². The molecule has 0 saturated heterocycles. The molecule has 0 spiro atoms. The minimum atomic E-state index is -0.808. The third kappa shape index (κ3) is 4.21. The van der Waals surface area contributed by atoms with Gasteiger partial charge in [0.1, 0.15) is 23.1 Å². The van der Waals surface area contributed by atoms with Crippen molar-refractivity contribution in [2.75, 3.05) is 7.11 Å². The van der Waals surface area contributed by atoms with Crippen molar-refractivity contribution in [3.8, 4) is 17.2 Å². The maximum Gasteiger partial charge on any atom is 0.352 e. The fraction of sp³-hybridized carbons (Fsp3) is 0.188. The van der Waals surface area contributed by atoms with Gasteiger partial charge in [-0.15, -0.1) is 0 Å². The quantitative estimate of drug-likeness (QED) is 0.626. The Morgan fingerprint density at radius 1 is 0.952 bits per heavy atom. The number of rotatable bonds is 5. The Labute approximate surface area is 122 Å². The zero-order valence-electron chi connectivity index (χ0n) is 11.7. The number of carbonyl (C=O) groups excluding carboxylic acids is 1. The third-order valence-corrected chi connectivity index (χ3v) is 2.74. The molecule has 0 bridgehead atoms. The van der Waals surface area contributed by atoms with Crippen LogP contribution in [0.3, 0.4) is 0 Å². The van der Waals surface area contributed by atoms with Crippen LogP contribution in [-0.4, -0.2) is 19.2 Å². The first-order valence-corrected chi connectivity index (χ1v) is 6.36. The van der Waals surface area contributed by atoms with Gasteiger partial charge in [0.15, 0.2) is 6.10 Å². The molecule has 0 fully saturated rings. The van der Waals surface area contributed by atoms with Crippen LogP contribution in [0.4, 0.5) is 4.39 Å². The van der Waals surface area contributed by atoms with Crippen molar-refractivity contribution >= 4 is 5.97 Å². The van der Waals surface area contributed by atoms with Gasteiger partial charge in [-0.2, -0.15) is 0 Å². The van der Waals surface area contributed by atoms with Crippen LogP contribution in [-0.2, 0) is 4.79 Å². The minimum Gasteiger partial charge on any atom is -0.497 e. The van der Waals surface area contributed by atoms with Gasteiger partial charge in [0, 0.05) is 0 Å². The van der Waals surface area contributed by atoms with Crippen molar-refractivity contribution in [1.29, 1.82) is 0 Å². The molecule has 110 valence electrons. The summed E-state index contributed by atoms with van der Waals surface area (Å²) in [6.45, 7) is 1.56. The van der Waals surface area contributed by atoms with Crippen molar-refractivity contribution in [3.05, 3.63) is 54.3 Å². The van der Waals surface area contributed by atoms with Gasteiger partial charge in [0.2, 0.25) is 0 Å². The normalized spacial score (nSPS) is 11.6. The molecule has 1 unspecified atom stereocenters. The van der Waals surface area contributed by atoms with Crippen molar-refractivity contribution in [2.45, 2.75) is 13.0 Å². The summed E-state index contributed by atoms with van der Waals surface area (Å²) in [5.74, 6) is 0.566. The Balaban J connectivity index is 1.93. The van der Waals surface area contributed by atoms with E-state index >= 15 is 0 Å². The third-order valence-electron chi connectivity index (χ3n) is 2.74. The summed E-state index contributed by atoms with van der Waals surface area (Å²) in [6.07, 6.45) is -0.808. The van der Waals surface area contributed by atoms with E-state index in [-0.39, 0.29) is 5.82 Å². The average molecular weight is 290 g/mol.